The van der Waals surface area contributed by atoms with Crippen LogP contribution < -0.4 is 0 Å². The number of benzene rings is 2. The number of non-ortho nitro benzene ring substituents is 1. The van der Waals surface area contributed by atoms with Gasteiger partial charge < -0.3 is 0 Å². The Kier molecular flexibility index (Phi) is 7.34. The molecule has 1 amide bonds. The molecule has 7 nitrogen and oxygen atoms in total. The van der Waals surface area contributed by atoms with Crippen LogP contribution in [0.15, 0.2) is 53.6 Å². The Morgan fingerprint density at radius 2 is 1.85 bits per heavy atom. The van der Waals surface area contributed by atoms with Crippen molar-refractivity contribution in [3.8, 4) is 6.07 Å². The molecule has 0 saturated carbocycles. The van der Waals surface area contributed by atoms with Crippen molar-refractivity contribution in [1.29, 1.82) is 5.26 Å². The highest BCUT2D eigenvalue weighted by Crippen LogP contribution is 2.23. The number of hydrogen-bond donors (Lipinski definition) is 0. The Labute approximate surface area is 165 Å². The van der Waals surface area contributed by atoms with Gasteiger partial charge in [-0.25, -0.2) is 5.01 Å². The van der Waals surface area contributed by atoms with E-state index in [1.165, 1.54) is 35.8 Å². The maximum atomic E-state index is 12.1. The second-order valence-corrected chi connectivity index (χ2v) is 6.68. The molecule has 0 aromatic heterocycles. The Morgan fingerprint density at radius 3 is 2.41 bits per heavy atom. The summed E-state index contributed by atoms with van der Waals surface area (Å²) in [7, 11) is 0. The molecule has 0 radical (unpaired) electrons. The Morgan fingerprint density at radius 1 is 1.26 bits per heavy atom. The van der Waals surface area contributed by atoms with E-state index in [2.05, 4.69) is 5.10 Å². The number of thioether (sulfide) groups is 1. The molecule has 0 fully saturated rings. The van der Waals surface area contributed by atoms with Crippen molar-refractivity contribution in [2.75, 3.05) is 5.75 Å². The second-order valence-electron chi connectivity index (χ2n) is 5.31. The fourth-order valence-electron chi connectivity index (χ4n) is 2.20. The van der Waals surface area contributed by atoms with Crippen molar-refractivity contribution < 1.29 is 9.72 Å². The molecule has 2 aromatic carbocycles. The number of amides is 1. The highest BCUT2D eigenvalue weighted by molar-refractivity contribution is 8.14. The number of nitrogens with zero attached hydrogens (tertiary/aromatic N) is 4. The van der Waals surface area contributed by atoms with Gasteiger partial charge in [-0.15, -0.1) is 0 Å². The van der Waals surface area contributed by atoms with E-state index in [-0.39, 0.29) is 17.5 Å². The first-order valence-electron chi connectivity index (χ1n) is 7.76. The normalized spacial score (nSPS) is 13.1. The van der Waals surface area contributed by atoms with Crippen LogP contribution in [0, 0.1) is 21.4 Å². The van der Waals surface area contributed by atoms with Gasteiger partial charge in [-0.05, 0) is 23.3 Å². The summed E-state index contributed by atoms with van der Waals surface area (Å²) in [5.41, 5.74) is 2.49. The predicted octanol–water partition coefficient (Wildman–Crippen LogP) is 4.85. The lowest BCUT2D eigenvalue weighted by Crippen LogP contribution is -2.29. The van der Waals surface area contributed by atoms with E-state index in [4.69, 9.17) is 16.9 Å². The van der Waals surface area contributed by atoms with E-state index < -0.39 is 4.92 Å². The number of hydrogen-bond acceptors (Lipinski definition) is 6. The molecule has 2 aromatic rings. The molecule has 0 spiro atoms. The minimum atomic E-state index is -0.456. The lowest BCUT2D eigenvalue weighted by molar-refractivity contribution is -0.384. The van der Waals surface area contributed by atoms with Crippen LogP contribution in [-0.2, 0) is 6.54 Å². The average Bonchev–Trinajstić information content (AvgIpc) is 2.65. The molecule has 0 atom stereocenters. The number of hydrazone groups is 1. The first-order chi connectivity index (χ1) is 12.9. The maximum absolute atomic E-state index is 12.1. The standard InChI is InChI=1S/C16H12ClN3O3S.C2H3N/c17-13-5-3-12(4-6-13)15-10-24-16(21)19(18-15)9-11-1-7-14(8-2-11)20(22)23;1-2-3/h1-8H,9-10H2;1H3. The summed E-state index contributed by atoms with van der Waals surface area (Å²) in [6.45, 7) is 1.70. The monoisotopic (exact) mass is 402 g/mol. The molecule has 1 aliphatic rings. The Bertz CT molecular complexity index is 892. The molecule has 3 rings (SSSR count). The molecule has 1 heterocycles. The van der Waals surface area contributed by atoms with Crippen LogP contribution >= 0.6 is 23.4 Å². The van der Waals surface area contributed by atoms with Gasteiger partial charge in [-0.2, -0.15) is 10.4 Å². The summed E-state index contributed by atoms with van der Waals surface area (Å²) < 4.78 is 0. The summed E-state index contributed by atoms with van der Waals surface area (Å²) in [6, 6.07) is 15.1. The van der Waals surface area contributed by atoms with E-state index >= 15 is 0 Å². The maximum Gasteiger partial charge on any atom is 0.302 e. The fraction of sp³-hybridized carbons (Fsp3) is 0.167. The van der Waals surface area contributed by atoms with Crippen molar-refractivity contribution in [3.05, 3.63) is 74.8 Å². The topological polar surface area (TPSA) is 99.6 Å². The predicted molar refractivity (Wildman–Crippen MR) is 106 cm³/mol. The second kappa shape index (κ2) is 9.71. The molecule has 0 aliphatic carbocycles. The number of nitro groups is 1. The Hall–Kier alpha value is -2.89. The van der Waals surface area contributed by atoms with Crippen molar-refractivity contribution in [3.63, 3.8) is 0 Å². The van der Waals surface area contributed by atoms with E-state index in [0.29, 0.717) is 10.8 Å². The minimum Gasteiger partial charge on any atom is -0.260 e. The summed E-state index contributed by atoms with van der Waals surface area (Å²) >= 11 is 7.06. The number of carbonyl (C=O) groups excluding carboxylic acids is 1. The van der Waals surface area contributed by atoms with Gasteiger partial charge >= 0.3 is 5.24 Å². The largest absolute Gasteiger partial charge is 0.302 e. The van der Waals surface area contributed by atoms with Gasteiger partial charge in [0.2, 0.25) is 0 Å². The number of nitriles is 1. The highest BCUT2D eigenvalue weighted by atomic mass is 35.5. The molecule has 138 valence electrons. The summed E-state index contributed by atoms with van der Waals surface area (Å²) in [4.78, 5) is 22.3. The fourth-order valence-corrected chi connectivity index (χ4v) is 3.06. The first-order valence-corrected chi connectivity index (χ1v) is 9.13. The van der Waals surface area contributed by atoms with Crippen LogP contribution in [0.25, 0.3) is 0 Å². The smallest absolute Gasteiger partial charge is 0.260 e. The summed E-state index contributed by atoms with van der Waals surface area (Å²) in [6.07, 6.45) is 0. The van der Waals surface area contributed by atoms with Crippen molar-refractivity contribution in [2.24, 2.45) is 5.10 Å². The van der Waals surface area contributed by atoms with Crippen LogP contribution in [0.1, 0.15) is 18.1 Å². The number of nitro benzene ring substituents is 1. The SMILES string of the molecule is CC#N.O=C1SCC(c2ccc(Cl)cc2)=NN1Cc1ccc([N+](=O)[O-])cc1. The first kappa shape index (κ1) is 20.4. The van der Waals surface area contributed by atoms with Gasteiger partial charge in [0.25, 0.3) is 5.69 Å². The van der Waals surface area contributed by atoms with Crippen LogP contribution in [0.4, 0.5) is 10.5 Å². The molecular weight excluding hydrogens is 388 g/mol. The molecule has 9 heteroatoms. The highest BCUT2D eigenvalue weighted by Gasteiger charge is 2.22. The molecule has 0 bridgehead atoms. The van der Waals surface area contributed by atoms with Crippen molar-refractivity contribution in [1.82, 2.24) is 5.01 Å². The molecular formula is C18H15ClN4O3S. The Balaban J connectivity index is 0.000000817. The summed E-state index contributed by atoms with van der Waals surface area (Å²) in [5.74, 6) is 0.497. The van der Waals surface area contributed by atoms with Gasteiger partial charge in [0, 0.05) is 29.8 Å². The van der Waals surface area contributed by atoms with Crippen LogP contribution in [0.5, 0.6) is 0 Å². The molecule has 0 unspecified atom stereocenters. The number of rotatable bonds is 4. The summed E-state index contributed by atoms with van der Waals surface area (Å²) in [5, 5.41) is 24.3. The number of carbonyl (C=O) groups is 1. The van der Waals surface area contributed by atoms with Gasteiger partial charge in [-0.1, -0.05) is 47.6 Å². The quantitative estimate of drug-likeness (QED) is 0.537. The third kappa shape index (κ3) is 5.81. The zero-order valence-corrected chi connectivity index (χ0v) is 15.9. The molecule has 27 heavy (non-hydrogen) atoms. The minimum absolute atomic E-state index is 0.0171. The average molecular weight is 403 g/mol. The van der Waals surface area contributed by atoms with E-state index in [9.17, 15) is 14.9 Å². The van der Waals surface area contributed by atoms with Gasteiger partial charge in [-0.3, -0.25) is 14.9 Å². The zero-order valence-electron chi connectivity index (χ0n) is 14.3. The van der Waals surface area contributed by atoms with Crippen molar-refractivity contribution in [2.45, 2.75) is 13.5 Å². The zero-order chi connectivity index (χ0) is 19.8. The van der Waals surface area contributed by atoms with Gasteiger partial charge in [0.05, 0.1) is 23.2 Å². The molecule has 0 saturated heterocycles. The lowest BCUT2D eigenvalue weighted by Gasteiger charge is -2.23. The molecule has 1 aliphatic heterocycles. The van der Waals surface area contributed by atoms with Gasteiger partial charge in [0.15, 0.2) is 0 Å². The number of halogens is 1. The van der Waals surface area contributed by atoms with E-state index in [0.717, 1.165) is 16.8 Å². The van der Waals surface area contributed by atoms with Crippen LogP contribution in [0.2, 0.25) is 5.02 Å². The van der Waals surface area contributed by atoms with Crippen LogP contribution in [0.3, 0.4) is 0 Å². The molecule has 0 N–H and O–H groups in total. The van der Waals surface area contributed by atoms with E-state index in [1.807, 2.05) is 12.1 Å². The van der Waals surface area contributed by atoms with Gasteiger partial charge in [0.1, 0.15) is 0 Å². The van der Waals surface area contributed by atoms with Crippen molar-refractivity contribution >= 4 is 40.0 Å². The lowest BCUT2D eigenvalue weighted by atomic mass is 10.1. The van der Waals surface area contributed by atoms with E-state index in [1.54, 1.807) is 30.3 Å². The third-order valence-corrected chi connectivity index (χ3v) is 4.57. The van der Waals surface area contributed by atoms with Crippen LogP contribution in [-0.4, -0.2) is 26.6 Å². The third-order valence-electron chi connectivity index (χ3n) is 3.44.